The van der Waals surface area contributed by atoms with Crippen LogP contribution in [-0.4, -0.2) is 29.6 Å². The molecule has 0 spiro atoms. The van der Waals surface area contributed by atoms with Crippen molar-refractivity contribution in [1.29, 1.82) is 0 Å². The maximum absolute atomic E-state index is 5.62. The highest BCUT2D eigenvalue weighted by Gasteiger charge is 2.18. The number of nitrogens with two attached hydrogens (primary N) is 1. The van der Waals surface area contributed by atoms with Crippen LogP contribution in [0.2, 0.25) is 0 Å². The SMILES string of the molecule is Cc1nc(N2CCCC2)nc(-c2ccc(CCN)cc2)c1C.Cl.Cl. The molecule has 3 rings (SSSR count). The average Bonchev–Trinajstić information content (AvgIpc) is 3.05. The van der Waals surface area contributed by atoms with Gasteiger partial charge in [-0.2, -0.15) is 0 Å². The number of nitrogens with zero attached hydrogens (tertiary/aromatic N) is 3. The minimum atomic E-state index is 0. The number of aryl methyl sites for hydroxylation is 1. The Labute approximate surface area is 156 Å². The fraction of sp³-hybridized carbons (Fsp3) is 0.444. The zero-order valence-electron chi connectivity index (χ0n) is 14.3. The molecule has 2 aromatic rings. The molecule has 1 aliphatic heterocycles. The summed E-state index contributed by atoms with van der Waals surface area (Å²) < 4.78 is 0. The molecular formula is C18H26Cl2N4. The largest absolute Gasteiger partial charge is 0.341 e. The average molecular weight is 369 g/mol. The van der Waals surface area contributed by atoms with Crippen molar-refractivity contribution in [3.8, 4) is 11.3 Å². The molecule has 2 heterocycles. The first-order chi connectivity index (χ1) is 10.7. The van der Waals surface area contributed by atoms with Gasteiger partial charge in [-0.15, -0.1) is 24.8 Å². The number of benzene rings is 1. The molecule has 1 fully saturated rings. The number of rotatable bonds is 4. The second-order valence-electron chi connectivity index (χ2n) is 6.01. The van der Waals surface area contributed by atoms with E-state index in [1.54, 1.807) is 0 Å². The van der Waals surface area contributed by atoms with Crippen LogP contribution in [0.15, 0.2) is 24.3 Å². The lowest BCUT2D eigenvalue weighted by Crippen LogP contribution is -2.21. The van der Waals surface area contributed by atoms with Crippen molar-refractivity contribution < 1.29 is 0 Å². The molecule has 1 aromatic carbocycles. The van der Waals surface area contributed by atoms with Crippen LogP contribution in [0.25, 0.3) is 11.3 Å². The van der Waals surface area contributed by atoms with Crippen LogP contribution in [0.5, 0.6) is 0 Å². The fourth-order valence-electron chi connectivity index (χ4n) is 2.95. The van der Waals surface area contributed by atoms with Crippen molar-refractivity contribution in [2.75, 3.05) is 24.5 Å². The van der Waals surface area contributed by atoms with Crippen LogP contribution in [0.1, 0.15) is 29.7 Å². The van der Waals surface area contributed by atoms with E-state index in [1.165, 1.54) is 18.4 Å². The Bertz CT molecular complexity index is 653. The normalized spacial score (nSPS) is 13.4. The highest BCUT2D eigenvalue weighted by atomic mass is 35.5. The molecule has 4 nitrogen and oxygen atoms in total. The predicted molar refractivity (Wildman–Crippen MR) is 106 cm³/mol. The van der Waals surface area contributed by atoms with Crippen molar-refractivity contribution >= 4 is 30.8 Å². The van der Waals surface area contributed by atoms with Gasteiger partial charge < -0.3 is 10.6 Å². The molecule has 24 heavy (non-hydrogen) atoms. The van der Waals surface area contributed by atoms with Crippen LogP contribution < -0.4 is 10.6 Å². The van der Waals surface area contributed by atoms with E-state index in [9.17, 15) is 0 Å². The van der Waals surface area contributed by atoms with Gasteiger partial charge in [0.2, 0.25) is 5.95 Å². The maximum atomic E-state index is 5.62. The smallest absolute Gasteiger partial charge is 0.226 e. The van der Waals surface area contributed by atoms with E-state index in [1.807, 2.05) is 0 Å². The van der Waals surface area contributed by atoms with Crippen LogP contribution in [0, 0.1) is 13.8 Å². The highest BCUT2D eigenvalue weighted by Crippen LogP contribution is 2.27. The van der Waals surface area contributed by atoms with Gasteiger partial charge >= 0.3 is 0 Å². The van der Waals surface area contributed by atoms with Crippen LogP contribution in [-0.2, 0) is 6.42 Å². The van der Waals surface area contributed by atoms with Crippen molar-refractivity contribution in [2.45, 2.75) is 33.1 Å². The summed E-state index contributed by atoms with van der Waals surface area (Å²) >= 11 is 0. The van der Waals surface area contributed by atoms with Crippen molar-refractivity contribution in [1.82, 2.24) is 9.97 Å². The van der Waals surface area contributed by atoms with Gasteiger partial charge in [-0.1, -0.05) is 24.3 Å². The van der Waals surface area contributed by atoms with E-state index in [2.05, 4.69) is 48.0 Å². The first-order valence-corrected chi connectivity index (χ1v) is 8.08. The Morgan fingerprint density at radius 2 is 1.62 bits per heavy atom. The minimum Gasteiger partial charge on any atom is -0.341 e. The van der Waals surface area contributed by atoms with Crippen molar-refractivity contribution in [3.05, 3.63) is 41.1 Å². The summed E-state index contributed by atoms with van der Waals surface area (Å²) in [5.74, 6) is 0.877. The standard InChI is InChI=1S/C18H24N4.2ClH/c1-13-14(2)20-18(22-11-3-4-12-22)21-17(13)16-7-5-15(6-8-16)9-10-19;;/h5-8H,3-4,9-12,19H2,1-2H3;2*1H. The predicted octanol–water partition coefficient (Wildman–Crippen LogP) is 3.71. The lowest BCUT2D eigenvalue weighted by atomic mass is 10.0. The lowest BCUT2D eigenvalue weighted by molar-refractivity contribution is 0.885. The number of hydrogen-bond donors (Lipinski definition) is 1. The van der Waals surface area contributed by atoms with E-state index < -0.39 is 0 Å². The molecular weight excluding hydrogens is 343 g/mol. The number of halogens is 2. The monoisotopic (exact) mass is 368 g/mol. The molecule has 0 unspecified atom stereocenters. The Morgan fingerprint density at radius 1 is 1.00 bits per heavy atom. The van der Waals surface area contributed by atoms with E-state index >= 15 is 0 Å². The van der Waals surface area contributed by atoms with Gasteiger partial charge in [0.05, 0.1) is 5.69 Å². The molecule has 0 radical (unpaired) electrons. The quantitative estimate of drug-likeness (QED) is 0.893. The summed E-state index contributed by atoms with van der Waals surface area (Å²) in [4.78, 5) is 11.8. The molecule has 1 saturated heterocycles. The second-order valence-corrected chi connectivity index (χ2v) is 6.01. The van der Waals surface area contributed by atoms with E-state index in [4.69, 9.17) is 10.7 Å². The van der Waals surface area contributed by atoms with Crippen LogP contribution >= 0.6 is 24.8 Å². The van der Waals surface area contributed by atoms with Crippen LogP contribution in [0.4, 0.5) is 5.95 Å². The summed E-state index contributed by atoms with van der Waals surface area (Å²) in [5.41, 5.74) is 11.3. The van der Waals surface area contributed by atoms with Gasteiger partial charge in [0.15, 0.2) is 0 Å². The van der Waals surface area contributed by atoms with Crippen molar-refractivity contribution in [2.24, 2.45) is 5.73 Å². The van der Waals surface area contributed by atoms with Crippen molar-refractivity contribution in [3.63, 3.8) is 0 Å². The van der Waals surface area contributed by atoms with E-state index in [0.29, 0.717) is 6.54 Å². The van der Waals surface area contributed by atoms with Gasteiger partial charge in [0.25, 0.3) is 0 Å². The zero-order chi connectivity index (χ0) is 15.5. The van der Waals surface area contributed by atoms with Gasteiger partial charge in [-0.25, -0.2) is 9.97 Å². The first kappa shape index (κ1) is 20.7. The Hall–Kier alpha value is -1.36. The van der Waals surface area contributed by atoms with E-state index in [-0.39, 0.29) is 24.8 Å². The number of aromatic nitrogens is 2. The number of anilines is 1. The first-order valence-electron chi connectivity index (χ1n) is 8.08. The molecule has 2 N–H and O–H groups in total. The second kappa shape index (κ2) is 9.21. The zero-order valence-corrected chi connectivity index (χ0v) is 15.9. The van der Waals surface area contributed by atoms with Gasteiger partial charge in [-0.3, -0.25) is 0 Å². The molecule has 0 amide bonds. The molecule has 0 atom stereocenters. The minimum absolute atomic E-state index is 0. The fourth-order valence-corrected chi connectivity index (χ4v) is 2.95. The summed E-state index contributed by atoms with van der Waals surface area (Å²) in [6.07, 6.45) is 3.39. The Morgan fingerprint density at radius 3 is 2.21 bits per heavy atom. The van der Waals surface area contributed by atoms with Gasteiger partial charge in [0, 0.05) is 24.3 Å². The third-order valence-corrected chi connectivity index (χ3v) is 4.43. The highest BCUT2D eigenvalue weighted by molar-refractivity contribution is 5.85. The number of hydrogen-bond acceptors (Lipinski definition) is 4. The lowest BCUT2D eigenvalue weighted by Gasteiger charge is -2.18. The van der Waals surface area contributed by atoms with Crippen LogP contribution in [0.3, 0.4) is 0 Å². The molecule has 6 heteroatoms. The Kier molecular flexibility index (Phi) is 7.94. The summed E-state index contributed by atoms with van der Waals surface area (Å²) in [6.45, 7) is 6.99. The van der Waals surface area contributed by atoms with E-state index in [0.717, 1.165) is 48.0 Å². The molecule has 1 aliphatic rings. The summed E-state index contributed by atoms with van der Waals surface area (Å²) in [6, 6.07) is 8.59. The third kappa shape index (κ3) is 4.38. The topological polar surface area (TPSA) is 55.0 Å². The molecule has 0 saturated carbocycles. The van der Waals surface area contributed by atoms with Gasteiger partial charge in [0.1, 0.15) is 0 Å². The maximum Gasteiger partial charge on any atom is 0.226 e. The summed E-state index contributed by atoms with van der Waals surface area (Å²) in [7, 11) is 0. The third-order valence-electron chi connectivity index (χ3n) is 4.43. The molecule has 0 bridgehead atoms. The molecule has 0 aliphatic carbocycles. The Balaban J connectivity index is 0.00000144. The molecule has 132 valence electrons. The van der Waals surface area contributed by atoms with Gasteiger partial charge in [-0.05, 0) is 50.8 Å². The molecule has 1 aromatic heterocycles. The summed E-state index contributed by atoms with van der Waals surface area (Å²) in [5, 5.41) is 0.